The standard InChI is InChI=1S/C14H23N/c1-11(2)14(15)10-6-9-13-8-5-4-7-12(13)3/h4-5,7-8,11,14H,6,9-10,15H2,1-3H3. The minimum atomic E-state index is 0.356. The van der Waals surface area contributed by atoms with Crippen LogP contribution in [-0.2, 0) is 6.42 Å². The zero-order valence-corrected chi connectivity index (χ0v) is 10.2. The van der Waals surface area contributed by atoms with Crippen LogP contribution in [-0.4, -0.2) is 6.04 Å². The Bertz CT molecular complexity index is 291. The summed E-state index contributed by atoms with van der Waals surface area (Å²) in [7, 11) is 0. The van der Waals surface area contributed by atoms with Crippen LogP contribution in [0.1, 0.15) is 37.8 Å². The SMILES string of the molecule is Cc1ccccc1CCCC(N)C(C)C. The van der Waals surface area contributed by atoms with Crippen LogP contribution in [0.15, 0.2) is 24.3 Å². The molecule has 0 aliphatic heterocycles. The van der Waals surface area contributed by atoms with E-state index in [1.165, 1.54) is 17.5 Å². The highest BCUT2D eigenvalue weighted by Gasteiger charge is 2.07. The first kappa shape index (κ1) is 12.3. The molecule has 0 spiro atoms. The Morgan fingerprint density at radius 2 is 1.87 bits per heavy atom. The topological polar surface area (TPSA) is 26.0 Å². The van der Waals surface area contributed by atoms with Gasteiger partial charge in [0.2, 0.25) is 0 Å². The average Bonchev–Trinajstić information content (AvgIpc) is 2.20. The minimum absolute atomic E-state index is 0.356. The predicted octanol–water partition coefficient (Wildman–Crippen LogP) is 3.30. The molecule has 0 aliphatic carbocycles. The van der Waals surface area contributed by atoms with E-state index in [2.05, 4.69) is 45.0 Å². The monoisotopic (exact) mass is 205 g/mol. The maximum Gasteiger partial charge on any atom is 0.00620 e. The van der Waals surface area contributed by atoms with Crippen LogP contribution < -0.4 is 5.73 Å². The van der Waals surface area contributed by atoms with Crippen molar-refractivity contribution in [3.8, 4) is 0 Å². The van der Waals surface area contributed by atoms with Crippen molar-refractivity contribution in [3.63, 3.8) is 0 Å². The van der Waals surface area contributed by atoms with Crippen LogP contribution in [0.2, 0.25) is 0 Å². The summed E-state index contributed by atoms with van der Waals surface area (Å²) in [5, 5.41) is 0. The number of hydrogen-bond donors (Lipinski definition) is 1. The van der Waals surface area contributed by atoms with Gasteiger partial charge in [-0.05, 0) is 43.2 Å². The first-order valence-electron chi connectivity index (χ1n) is 5.91. The van der Waals surface area contributed by atoms with Crippen LogP contribution in [0.25, 0.3) is 0 Å². The van der Waals surface area contributed by atoms with E-state index in [0.717, 1.165) is 12.8 Å². The molecule has 1 heteroatoms. The normalized spacial score (nSPS) is 13.1. The van der Waals surface area contributed by atoms with Gasteiger partial charge in [0.1, 0.15) is 0 Å². The molecular formula is C14H23N. The zero-order valence-electron chi connectivity index (χ0n) is 10.2. The largest absolute Gasteiger partial charge is 0.327 e. The molecule has 0 saturated carbocycles. The van der Waals surface area contributed by atoms with Crippen molar-refractivity contribution in [1.29, 1.82) is 0 Å². The molecule has 1 aromatic carbocycles. The molecule has 0 aliphatic rings. The Balaban J connectivity index is 2.35. The number of nitrogens with two attached hydrogens (primary N) is 1. The van der Waals surface area contributed by atoms with E-state index >= 15 is 0 Å². The molecular weight excluding hydrogens is 182 g/mol. The summed E-state index contributed by atoms with van der Waals surface area (Å²) in [6.45, 7) is 6.56. The van der Waals surface area contributed by atoms with Crippen molar-refractivity contribution in [2.24, 2.45) is 11.7 Å². The van der Waals surface area contributed by atoms with Gasteiger partial charge < -0.3 is 5.73 Å². The van der Waals surface area contributed by atoms with Gasteiger partial charge in [-0.1, -0.05) is 38.1 Å². The maximum absolute atomic E-state index is 6.02. The van der Waals surface area contributed by atoms with Gasteiger partial charge in [0.05, 0.1) is 0 Å². The van der Waals surface area contributed by atoms with Gasteiger partial charge >= 0.3 is 0 Å². The molecule has 0 fully saturated rings. The molecule has 1 nitrogen and oxygen atoms in total. The van der Waals surface area contributed by atoms with Gasteiger partial charge in [-0.25, -0.2) is 0 Å². The van der Waals surface area contributed by atoms with Crippen molar-refractivity contribution < 1.29 is 0 Å². The summed E-state index contributed by atoms with van der Waals surface area (Å²) in [6.07, 6.45) is 3.49. The molecule has 0 radical (unpaired) electrons. The van der Waals surface area contributed by atoms with Gasteiger partial charge in [-0.2, -0.15) is 0 Å². The van der Waals surface area contributed by atoms with Crippen molar-refractivity contribution in [2.75, 3.05) is 0 Å². The van der Waals surface area contributed by atoms with Crippen LogP contribution in [0, 0.1) is 12.8 Å². The van der Waals surface area contributed by atoms with E-state index < -0.39 is 0 Å². The smallest absolute Gasteiger partial charge is 0.00620 e. The lowest BCUT2D eigenvalue weighted by Crippen LogP contribution is -2.26. The van der Waals surface area contributed by atoms with E-state index in [1.54, 1.807) is 0 Å². The molecule has 1 unspecified atom stereocenters. The van der Waals surface area contributed by atoms with Gasteiger partial charge in [0.15, 0.2) is 0 Å². The second kappa shape index (κ2) is 5.92. The highest BCUT2D eigenvalue weighted by Crippen LogP contribution is 2.13. The first-order chi connectivity index (χ1) is 7.11. The quantitative estimate of drug-likeness (QED) is 0.784. The van der Waals surface area contributed by atoms with Crippen molar-refractivity contribution >= 4 is 0 Å². The third kappa shape index (κ3) is 4.05. The van der Waals surface area contributed by atoms with E-state index in [4.69, 9.17) is 5.73 Å². The van der Waals surface area contributed by atoms with E-state index in [-0.39, 0.29) is 0 Å². The number of hydrogen-bond acceptors (Lipinski definition) is 1. The summed E-state index contributed by atoms with van der Waals surface area (Å²) >= 11 is 0. The molecule has 0 heterocycles. The fraction of sp³-hybridized carbons (Fsp3) is 0.571. The fourth-order valence-electron chi connectivity index (χ4n) is 1.75. The Hall–Kier alpha value is -0.820. The van der Waals surface area contributed by atoms with Crippen molar-refractivity contribution in [1.82, 2.24) is 0 Å². The molecule has 0 amide bonds. The molecule has 1 rings (SSSR count). The fourth-order valence-corrected chi connectivity index (χ4v) is 1.75. The highest BCUT2D eigenvalue weighted by molar-refractivity contribution is 5.25. The van der Waals surface area contributed by atoms with Crippen LogP contribution >= 0.6 is 0 Å². The van der Waals surface area contributed by atoms with Crippen molar-refractivity contribution in [3.05, 3.63) is 35.4 Å². The number of rotatable bonds is 5. The molecule has 1 aromatic rings. The lowest BCUT2D eigenvalue weighted by molar-refractivity contribution is 0.452. The molecule has 0 aromatic heterocycles. The lowest BCUT2D eigenvalue weighted by Gasteiger charge is -2.15. The van der Waals surface area contributed by atoms with Gasteiger partial charge in [-0.3, -0.25) is 0 Å². The highest BCUT2D eigenvalue weighted by atomic mass is 14.6. The average molecular weight is 205 g/mol. The summed E-state index contributed by atoms with van der Waals surface area (Å²) in [5.74, 6) is 0.599. The van der Waals surface area contributed by atoms with E-state index in [1.807, 2.05) is 0 Å². The van der Waals surface area contributed by atoms with Gasteiger partial charge in [0, 0.05) is 6.04 Å². The lowest BCUT2D eigenvalue weighted by atomic mass is 9.96. The second-order valence-corrected chi connectivity index (χ2v) is 4.73. The van der Waals surface area contributed by atoms with E-state index in [0.29, 0.717) is 12.0 Å². The second-order valence-electron chi connectivity index (χ2n) is 4.73. The minimum Gasteiger partial charge on any atom is -0.327 e. The molecule has 84 valence electrons. The number of benzene rings is 1. The first-order valence-corrected chi connectivity index (χ1v) is 5.91. The molecule has 1 atom stereocenters. The molecule has 15 heavy (non-hydrogen) atoms. The molecule has 0 bridgehead atoms. The van der Waals surface area contributed by atoms with Crippen LogP contribution in [0.4, 0.5) is 0 Å². The Kier molecular flexibility index (Phi) is 4.83. The van der Waals surface area contributed by atoms with E-state index in [9.17, 15) is 0 Å². The third-order valence-corrected chi connectivity index (χ3v) is 3.10. The number of aryl methyl sites for hydroxylation is 2. The zero-order chi connectivity index (χ0) is 11.3. The van der Waals surface area contributed by atoms with Gasteiger partial charge in [0.25, 0.3) is 0 Å². The summed E-state index contributed by atoms with van der Waals surface area (Å²) in [6, 6.07) is 8.96. The summed E-state index contributed by atoms with van der Waals surface area (Å²) < 4.78 is 0. The van der Waals surface area contributed by atoms with Gasteiger partial charge in [-0.15, -0.1) is 0 Å². The molecule has 2 N–H and O–H groups in total. The van der Waals surface area contributed by atoms with Crippen LogP contribution in [0.3, 0.4) is 0 Å². The summed E-state index contributed by atoms with van der Waals surface area (Å²) in [5.41, 5.74) is 8.88. The third-order valence-electron chi connectivity index (χ3n) is 3.10. The summed E-state index contributed by atoms with van der Waals surface area (Å²) in [4.78, 5) is 0. The Morgan fingerprint density at radius 3 is 2.47 bits per heavy atom. The Morgan fingerprint density at radius 1 is 1.20 bits per heavy atom. The predicted molar refractivity (Wildman–Crippen MR) is 66.9 cm³/mol. The maximum atomic E-state index is 6.02. The molecule has 0 saturated heterocycles. The van der Waals surface area contributed by atoms with Crippen molar-refractivity contribution in [2.45, 2.75) is 46.1 Å². The Labute approximate surface area is 93.7 Å². The van der Waals surface area contributed by atoms with Crippen LogP contribution in [0.5, 0.6) is 0 Å².